The molecule has 1 fully saturated rings. The first-order valence-corrected chi connectivity index (χ1v) is 10.4. The molecule has 1 aromatic heterocycles. The summed E-state index contributed by atoms with van der Waals surface area (Å²) >= 11 is 1.25. The van der Waals surface area contributed by atoms with Crippen molar-refractivity contribution in [1.29, 1.82) is 0 Å². The zero-order chi connectivity index (χ0) is 20.9. The molecular weight excluding hydrogens is 403 g/mol. The lowest BCUT2D eigenvalue weighted by Crippen LogP contribution is -2.41. The maximum Gasteiger partial charge on any atom is 0.416 e. The highest BCUT2D eigenvalue weighted by Crippen LogP contribution is 2.30. The van der Waals surface area contributed by atoms with Crippen molar-refractivity contribution >= 4 is 28.3 Å². The summed E-state index contributed by atoms with van der Waals surface area (Å²) in [5.74, 6) is -0.752. The van der Waals surface area contributed by atoms with E-state index < -0.39 is 23.6 Å². The molecular formula is C20H22F3N3O2S. The van der Waals surface area contributed by atoms with Crippen LogP contribution in [0.25, 0.3) is 0 Å². The van der Waals surface area contributed by atoms with Crippen molar-refractivity contribution < 1.29 is 22.8 Å². The van der Waals surface area contributed by atoms with Crippen molar-refractivity contribution in [2.75, 3.05) is 18.4 Å². The molecule has 9 heteroatoms. The van der Waals surface area contributed by atoms with E-state index in [1.54, 1.807) is 11.6 Å². The predicted molar refractivity (Wildman–Crippen MR) is 105 cm³/mol. The number of thiazole rings is 1. The molecule has 1 heterocycles. The lowest BCUT2D eigenvalue weighted by molar-refractivity contribution is -0.137. The lowest BCUT2D eigenvalue weighted by Gasteiger charge is -2.29. The van der Waals surface area contributed by atoms with Crippen molar-refractivity contribution in [3.63, 3.8) is 0 Å². The highest BCUT2D eigenvalue weighted by molar-refractivity contribution is 7.13. The van der Waals surface area contributed by atoms with Gasteiger partial charge in [0.2, 0.25) is 5.91 Å². The van der Waals surface area contributed by atoms with Crippen LogP contribution >= 0.6 is 11.3 Å². The molecule has 5 nitrogen and oxygen atoms in total. The van der Waals surface area contributed by atoms with Crippen molar-refractivity contribution in [2.45, 2.75) is 38.3 Å². The Morgan fingerprint density at radius 1 is 1.21 bits per heavy atom. The third-order valence-electron chi connectivity index (χ3n) is 4.94. The van der Waals surface area contributed by atoms with E-state index in [1.807, 2.05) is 0 Å². The molecule has 1 aromatic carbocycles. The fraction of sp³-hybridized carbons (Fsp3) is 0.450. The number of anilines is 1. The van der Waals surface area contributed by atoms with Crippen molar-refractivity contribution in [1.82, 2.24) is 9.88 Å². The van der Waals surface area contributed by atoms with Gasteiger partial charge in [-0.2, -0.15) is 13.2 Å². The Labute approximate surface area is 170 Å². The van der Waals surface area contributed by atoms with Crippen LogP contribution in [-0.2, 0) is 11.0 Å². The molecule has 1 aliphatic carbocycles. The Bertz CT molecular complexity index is 834. The summed E-state index contributed by atoms with van der Waals surface area (Å²) in [6, 6.07) is 4.33. The van der Waals surface area contributed by atoms with Gasteiger partial charge in [-0.15, -0.1) is 11.3 Å². The minimum Gasteiger partial charge on any atom is -0.329 e. The number of amides is 2. The number of carbonyl (C=O) groups is 2. The van der Waals surface area contributed by atoms with Gasteiger partial charge in [0.15, 0.2) is 5.13 Å². The zero-order valence-corrected chi connectivity index (χ0v) is 16.6. The first-order valence-electron chi connectivity index (χ1n) is 9.49. The van der Waals surface area contributed by atoms with Crippen LogP contribution in [0.5, 0.6) is 0 Å². The molecule has 2 amide bonds. The second kappa shape index (κ2) is 9.39. The molecule has 3 rings (SSSR count). The Balaban J connectivity index is 1.77. The predicted octanol–water partition coefficient (Wildman–Crippen LogP) is 4.82. The number of carbonyl (C=O) groups excluding carboxylic acids is 2. The van der Waals surface area contributed by atoms with Gasteiger partial charge in [0.25, 0.3) is 5.91 Å². The van der Waals surface area contributed by atoms with Crippen molar-refractivity contribution in [3.8, 4) is 0 Å². The number of hydrogen-bond acceptors (Lipinski definition) is 4. The number of hydrogen-bond donors (Lipinski definition) is 1. The van der Waals surface area contributed by atoms with Gasteiger partial charge in [-0.25, -0.2) is 4.98 Å². The third kappa shape index (κ3) is 6.03. The van der Waals surface area contributed by atoms with Gasteiger partial charge in [0.05, 0.1) is 5.56 Å². The Morgan fingerprint density at radius 2 is 1.97 bits per heavy atom. The number of nitrogens with one attached hydrogen (secondary N) is 1. The fourth-order valence-corrected chi connectivity index (χ4v) is 4.07. The molecule has 1 aliphatic rings. The maximum absolute atomic E-state index is 13.0. The van der Waals surface area contributed by atoms with Crippen LogP contribution in [0.2, 0.25) is 0 Å². The minimum atomic E-state index is -4.54. The Morgan fingerprint density at radius 3 is 2.62 bits per heavy atom. The first kappa shape index (κ1) is 21.3. The number of alkyl halides is 3. The van der Waals surface area contributed by atoms with Gasteiger partial charge in [-0.3, -0.25) is 9.59 Å². The molecule has 0 spiro atoms. The second-order valence-electron chi connectivity index (χ2n) is 7.15. The standard InChI is InChI=1S/C20H22F3N3O2S/c21-20(22,23)16-8-4-7-15(11-16)18(28)26(12-14-5-2-1-3-6-14)13-17(27)25-19-24-9-10-29-19/h4,7-11,14H,1-3,5-6,12-13H2,(H,24,25,27). The topological polar surface area (TPSA) is 62.3 Å². The molecule has 0 atom stereocenters. The van der Waals surface area contributed by atoms with Crippen LogP contribution in [0, 0.1) is 5.92 Å². The van der Waals surface area contributed by atoms with E-state index in [-0.39, 0.29) is 18.0 Å². The van der Waals surface area contributed by atoms with Gasteiger partial charge in [0.1, 0.15) is 6.54 Å². The summed E-state index contributed by atoms with van der Waals surface area (Å²) in [4.78, 5) is 30.7. The van der Waals surface area contributed by atoms with E-state index in [4.69, 9.17) is 0 Å². The van der Waals surface area contributed by atoms with Gasteiger partial charge in [0, 0.05) is 23.7 Å². The average Bonchev–Trinajstić information content (AvgIpc) is 3.20. The number of halogens is 3. The minimum absolute atomic E-state index is 0.0716. The third-order valence-corrected chi connectivity index (χ3v) is 5.63. The van der Waals surface area contributed by atoms with Crippen LogP contribution < -0.4 is 5.32 Å². The highest BCUT2D eigenvalue weighted by Gasteiger charge is 2.32. The fourth-order valence-electron chi connectivity index (χ4n) is 3.53. The average molecular weight is 425 g/mol. The van der Waals surface area contributed by atoms with E-state index in [0.29, 0.717) is 11.7 Å². The maximum atomic E-state index is 13.0. The normalized spacial score (nSPS) is 15.1. The van der Waals surface area contributed by atoms with Gasteiger partial charge < -0.3 is 10.2 Å². The molecule has 0 unspecified atom stereocenters. The summed E-state index contributed by atoms with van der Waals surface area (Å²) < 4.78 is 39.1. The number of nitrogens with zero attached hydrogens (tertiary/aromatic N) is 2. The number of rotatable bonds is 6. The summed E-state index contributed by atoms with van der Waals surface area (Å²) in [5, 5.41) is 4.75. The first-order chi connectivity index (χ1) is 13.8. The van der Waals surface area contributed by atoms with Crippen molar-refractivity contribution in [3.05, 3.63) is 47.0 Å². The second-order valence-corrected chi connectivity index (χ2v) is 8.05. The van der Waals surface area contributed by atoms with E-state index in [1.165, 1.54) is 28.4 Å². The SMILES string of the molecule is O=C(CN(CC1CCCCC1)C(=O)c1cccc(C(F)(F)F)c1)Nc1nccs1. The Kier molecular flexibility index (Phi) is 6.89. The van der Waals surface area contributed by atoms with E-state index in [2.05, 4.69) is 10.3 Å². The smallest absolute Gasteiger partial charge is 0.329 e. The molecule has 156 valence electrons. The summed E-state index contributed by atoms with van der Waals surface area (Å²) in [6.07, 6.45) is 2.16. The van der Waals surface area contributed by atoms with E-state index in [0.717, 1.165) is 44.2 Å². The Hall–Kier alpha value is -2.42. The van der Waals surface area contributed by atoms with E-state index in [9.17, 15) is 22.8 Å². The molecule has 0 aliphatic heterocycles. The van der Waals surface area contributed by atoms with Crippen LogP contribution in [-0.4, -0.2) is 34.8 Å². The molecule has 29 heavy (non-hydrogen) atoms. The molecule has 0 saturated heterocycles. The summed E-state index contributed by atoms with van der Waals surface area (Å²) in [7, 11) is 0. The molecule has 1 saturated carbocycles. The number of aromatic nitrogens is 1. The largest absolute Gasteiger partial charge is 0.416 e. The van der Waals surface area contributed by atoms with Crippen LogP contribution in [0.1, 0.15) is 48.0 Å². The van der Waals surface area contributed by atoms with Crippen LogP contribution in [0.4, 0.5) is 18.3 Å². The lowest BCUT2D eigenvalue weighted by atomic mass is 9.89. The van der Waals surface area contributed by atoms with Crippen molar-refractivity contribution in [2.24, 2.45) is 5.92 Å². The molecule has 0 bridgehead atoms. The van der Waals surface area contributed by atoms with Crippen LogP contribution in [0.15, 0.2) is 35.8 Å². The van der Waals surface area contributed by atoms with Crippen LogP contribution in [0.3, 0.4) is 0 Å². The quantitative estimate of drug-likeness (QED) is 0.722. The summed E-state index contributed by atoms with van der Waals surface area (Å²) in [5.41, 5.74) is -0.953. The summed E-state index contributed by atoms with van der Waals surface area (Å²) in [6.45, 7) is 0.117. The molecule has 1 N–H and O–H groups in total. The van der Waals surface area contributed by atoms with Gasteiger partial charge >= 0.3 is 6.18 Å². The van der Waals surface area contributed by atoms with E-state index >= 15 is 0 Å². The highest BCUT2D eigenvalue weighted by atomic mass is 32.1. The van der Waals surface area contributed by atoms with Gasteiger partial charge in [-0.1, -0.05) is 25.3 Å². The molecule has 0 radical (unpaired) electrons. The monoisotopic (exact) mass is 425 g/mol. The zero-order valence-electron chi connectivity index (χ0n) is 15.7. The number of benzene rings is 1. The van der Waals surface area contributed by atoms with Gasteiger partial charge in [-0.05, 0) is 37.0 Å². The molecule has 2 aromatic rings.